The molecule has 1 heterocycles. The van der Waals surface area contributed by atoms with Gasteiger partial charge in [-0.3, -0.25) is 0 Å². The molecule has 0 amide bonds. The summed E-state index contributed by atoms with van der Waals surface area (Å²) in [4.78, 5) is 0. The normalized spacial score (nSPS) is 16.9. The largest absolute Gasteiger partial charge is 0.213 e. The molecule has 1 nitrogen and oxygen atoms in total. The number of nitrogens with zero attached hydrogens (tertiary/aromatic N) is 1. The zero-order chi connectivity index (χ0) is 19.7. The molecular weight excluding hydrogens is 338 g/mol. The summed E-state index contributed by atoms with van der Waals surface area (Å²) in [6, 6.07) is 22.5. The van der Waals surface area contributed by atoms with Crippen LogP contribution in [-0.4, -0.2) is 0 Å². The third kappa shape index (κ3) is 3.90. The van der Waals surface area contributed by atoms with Gasteiger partial charge in [-0.05, 0) is 72.3 Å². The highest BCUT2D eigenvalue weighted by atomic mass is 14.9. The maximum Gasteiger partial charge on any atom is 0.213 e. The quantitative estimate of drug-likeness (QED) is 0.444. The lowest BCUT2D eigenvalue weighted by Crippen LogP contribution is -2.30. The van der Waals surface area contributed by atoms with E-state index >= 15 is 0 Å². The van der Waals surface area contributed by atoms with E-state index in [4.69, 9.17) is 0 Å². The van der Waals surface area contributed by atoms with Crippen LogP contribution in [-0.2, 0) is 7.05 Å². The molecule has 144 valence electrons. The Morgan fingerprint density at radius 2 is 1.54 bits per heavy atom. The fourth-order valence-corrected chi connectivity index (χ4v) is 4.56. The van der Waals surface area contributed by atoms with Gasteiger partial charge in [-0.25, -0.2) is 4.57 Å². The predicted molar refractivity (Wildman–Crippen MR) is 118 cm³/mol. The van der Waals surface area contributed by atoms with Gasteiger partial charge in [0.2, 0.25) is 5.69 Å². The fraction of sp³-hybridized carbons (Fsp3) is 0.370. The number of pyridine rings is 1. The van der Waals surface area contributed by atoms with Crippen molar-refractivity contribution in [1.82, 2.24) is 0 Å². The van der Waals surface area contributed by atoms with Gasteiger partial charge >= 0.3 is 0 Å². The second-order valence-electron chi connectivity index (χ2n) is 9.29. The van der Waals surface area contributed by atoms with Gasteiger partial charge in [0, 0.05) is 17.7 Å². The Bertz CT molecular complexity index is 956. The van der Waals surface area contributed by atoms with Crippen molar-refractivity contribution in [1.29, 1.82) is 0 Å². The summed E-state index contributed by atoms with van der Waals surface area (Å²) in [5.74, 6) is 0.734. The van der Waals surface area contributed by atoms with Gasteiger partial charge in [-0.1, -0.05) is 56.3 Å². The smallest absolute Gasteiger partial charge is 0.201 e. The summed E-state index contributed by atoms with van der Waals surface area (Å²) in [5.41, 5.74) is 8.50. The number of hydrogen-bond acceptors (Lipinski definition) is 0. The summed E-state index contributed by atoms with van der Waals surface area (Å²) >= 11 is 0. The summed E-state index contributed by atoms with van der Waals surface area (Å²) in [6.45, 7) is 7.00. The SMILES string of the molecule is Cc1ccccc1-c1cc(-c2ccc(C3CCC(C)(C)CC3)cc2)cc[n+]1C. The number of aromatic nitrogens is 1. The first-order valence-electron chi connectivity index (χ1n) is 10.6. The lowest BCUT2D eigenvalue weighted by molar-refractivity contribution is -0.660. The average molecular weight is 371 g/mol. The van der Waals surface area contributed by atoms with Crippen LogP contribution in [0.4, 0.5) is 0 Å². The second-order valence-corrected chi connectivity index (χ2v) is 9.29. The van der Waals surface area contributed by atoms with Gasteiger partial charge in [-0.15, -0.1) is 0 Å². The molecule has 0 radical (unpaired) electrons. The first-order valence-corrected chi connectivity index (χ1v) is 10.6. The third-order valence-electron chi connectivity index (χ3n) is 6.63. The Morgan fingerprint density at radius 3 is 2.21 bits per heavy atom. The van der Waals surface area contributed by atoms with Crippen LogP contribution in [0, 0.1) is 12.3 Å². The fourth-order valence-electron chi connectivity index (χ4n) is 4.56. The maximum atomic E-state index is 2.41. The summed E-state index contributed by atoms with van der Waals surface area (Å²) in [7, 11) is 2.12. The monoisotopic (exact) mass is 370 g/mol. The molecule has 4 rings (SSSR count). The van der Waals surface area contributed by atoms with Crippen molar-refractivity contribution >= 4 is 0 Å². The van der Waals surface area contributed by atoms with Crippen LogP contribution in [0.5, 0.6) is 0 Å². The van der Waals surface area contributed by atoms with Crippen molar-refractivity contribution in [2.24, 2.45) is 12.5 Å². The zero-order valence-electron chi connectivity index (χ0n) is 17.7. The molecule has 1 fully saturated rings. The molecule has 2 aromatic carbocycles. The molecular formula is C27H32N+. The molecule has 1 heteroatoms. The first kappa shape index (κ1) is 18.9. The Labute approximate surface area is 170 Å². The molecule has 0 unspecified atom stereocenters. The molecule has 1 saturated carbocycles. The molecule has 0 aliphatic heterocycles. The molecule has 0 bridgehead atoms. The van der Waals surface area contributed by atoms with E-state index in [0.29, 0.717) is 5.41 Å². The number of aryl methyl sites for hydroxylation is 2. The van der Waals surface area contributed by atoms with E-state index < -0.39 is 0 Å². The zero-order valence-corrected chi connectivity index (χ0v) is 17.7. The molecule has 3 aromatic rings. The van der Waals surface area contributed by atoms with Crippen LogP contribution in [0.2, 0.25) is 0 Å². The van der Waals surface area contributed by atoms with Crippen molar-refractivity contribution < 1.29 is 4.57 Å². The Hall–Kier alpha value is -2.41. The predicted octanol–water partition coefficient (Wildman–Crippen LogP) is 6.84. The van der Waals surface area contributed by atoms with E-state index in [1.165, 1.54) is 59.2 Å². The molecule has 28 heavy (non-hydrogen) atoms. The topological polar surface area (TPSA) is 3.88 Å². The minimum absolute atomic E-state index is 0.530. The van der Waals surface area contributed by atoms with Crippen molar-refractivity contribution in [3.63, 3.8) is 0 Å². The van der Waals surface area contributed by atoms with Crippen LogP contribution in [0.25, 0.3) is 22.4 Å². The van der Waals surface area contributed by atoms with Crippen molar-refractivity contribution in [3.05, 3.63) is 78.0 Å². The molecule has 1 aliphatic rings. The molecule has 0 saturated heterocycles. The molecule has 0 spiro atoms. The summed E-state index contributed by atoms with van der Waals surface area (Å²) in [6.07, 6.45) is 7.51. The van der Waals surface area contributed by atoms with Gasteiger partial charge in [0.15, 0.2) is 6.20 Å². The average Bonchev–Trinajstić information content (AvgIpc) is 2.69. The highest BCUT2D eigenvalue weighted by Gasteiger charge is 2.27. The number of rotatable bonds is 3. The number of benzene rings is 2. The lowest BCUT2D eigenvalue weighted by Gasteiger charge is -2.34. The number of hydrogen-bond donors (Lipinski definition) is 0. The van der Waals surface area contributed by atoms with Crippen LogP contribution >= 0.6 is 0 Å². The van der Waals surface area contributed by atoms with Crippen LogP contribution in [0.15, 0.2) is 66.9 Å². The molecule has 0 N–H and O–H groups in total. The molecule has 1 aliphatic carbocycles. The highest BCUT2D eigenvalue weighted by molar-refractivity contribution is 5.70. The van der Waals surface area contributed by atoms with Crippen LogP contribution in [0.1, 0.15) is 56.6 Å². The standard InChI is InChI=1S/C27H32N/c1-20-7-5-6-8-25(20)26-19-24(15-18-28(26)4)22-11-9-21(10-12-22)23-13-16-27(2,3)17-14-23/h5-12,15,18-19,23H,13-14,16-17H2,1-4H3/q+1. The van der Waals surface area contributed by atoms with Crippen molar-refractivity contribution in [2.75, 3.05) is 0 Å². The van der Waals surface area contributed by atoms with Gasteiger partial charge in [-0.2, -0.15) is 0 Å². The minimum atomic E-state index is 0.530. The van der Waals surface area contributed by atoms with E-state index in [-0.39, 0.29) is 0 Å². The van der Waals surface area contributed by atoms with Crippen LogP contribution < -0.4 is 4.57 Å². The van der Waals surface area contributed by atoms with Gasteiger partial charge in [0.1, 0.15) is 7.05 Å². The minimum Gasteiger partial charge on any atom is -0.201 e. The Balaban J connectivity index is 1.60. The lowest BCUT2D eigenvalue weighted by atomic mass is 9.71. The van der Waals surface area contributed by atoms with Gasteiger partial charge in [0.05, 0.1) is 0 Å². The van der Waals surface area contributed by atoms with E-state index in [1.54, 1.807) is 0 Å². The molecule has 0 atom stereocenters. The maximum absolute atomic E-state index is 2.41. The second kappa shape index (κ2) is 7.54. The van der Waals surface area contributed by atoms with Crippen molar-refractivity contribution in [3.8, 4) is 22.4 Å². The molecule has 1 aromatic heterocycles. The van der Waals surface area contributed by atoms with E-state index in [9.17, 15) is 0 Å². The third-order valence-corrected chi connectivity index (χ3v) is 6.63. The highest BCUT2D eigenvalue weighted by Crippen LogP contribution is 2.42. The Morgan fingerprint density at radius 1 is 0.857 bits per heavy atom. The van der Waals surface area contributed by atoms with E-state index in [0.717, 1.165) is 5.92 Å². The van der Waals surface area contributed by atoms with E-state index in [2.05, 4.69) is 99.2 Å². The van der Waals surface area contributed by atoms with Gasteiger partial charge in [0.25, 0.3) is 0 Å². The first-order chi connectivity index (χ1) is 13.4. The van der Waals surface area contributed by atoms with Crippen molar-refractivity contribution in [2.45, 2.75) is 52.4 Å². The van der Waals surface area contributed by atoms with Crippen LogP contribution in [0.3, 0.4) is 0 Å². The van der Waals surface area contributed by atoms with Gasteiger partial charge < -0.3 is 0 Å². The van der Waals surface area contributed by atoms with E-state index in [1.807, 2.05) is 0 Å². The Kier molecular flexibility index (Phi) is 5.10. The summed E-state index contributed by atoms with van der Waals surface area (Å²) < 4.78 is 2.21. The summed E-state index contributed by atoms with van der Waals surface area (Å²) in [5, 5.41) is 0.